The second kappa shape index (κ2) is 5.58. The molecule has 1 aromatic carbocycles. The van der Waals surface area contributed by atoms with Crippen LogP contribution in [-0.2, 0) is 9.59 Å². The van der Waals surface area contributed by atoms with Crippen molar-refractivity contribution < 1.29 is 14.5 Å². The first-order chi connectivity index (χ1) is 9.40. The lowest BCUT2D eigenvalue weighted by molar-refractivity contribution is -0.384. The van der Waals surface area contributed by atoms with Gasteiger partial charge < -0.3 is 5.32 Å². The average molecular weight is 342 g/mol. The minimum atomic E-state index is -0.627. The molecule has 0 aromatic heterocycles. The highest BCUT2D eigenvalue weighted by atomic mass is 79.9. The number of hydrogen-bond acceptors (Lipinski definition) is 5. The number of halogens is 1. The first-order valence-corrected chi connectivity index (χ1v) is 6.70. The Morgan fingerprint density at radius 1 is 1.45 bits per heavy atom. The fraction of sp³-hybridized carbons (Fsp3) is 0.333. The van der Waals surface area contributed by atoms with Crippen molar-refractivity contribution >= 4 is 39.1 Å². The third kappa shape index (κ3) is 2.79. The van der Waals surface area contributed by atoms with E-state index in [1.165, 1.54) is 19.2 Å². The molecule has 106 valence electrons. The molecule has 1 heterocycles. The lowest BCUT2D eigenvalue weighted by atomic mass is 10.0. The van der Waals surface area contributed by atoms with Gasteiger partial charge in [-0.2, -0.15) is 0 Å². The summed E-state index contributed by atoms with van der Waals surface area (Å²) in [6.07, 6.45) is 0.569. The molecule has 2 amide bonds. The molecule has 7 nitrogen and oxygen atoms in total. The standard InChI is InChI=1S/C12H12BrN3O4/c1-15-11(17)5-4-9(12(15)18)14-8-3-2-7(13)6-10(8)16(19)20/h2-3,6,9,14H,4-5H2,1H3. The lowest BCUT2D eigenvalue weighted by Crippen LogP contribution is -2.48. The monoisotopic (exact) mass is 341 g/mol. The number of amides is 2. The number of nitro benzene ring substituents is 1. The number of rotatable bonds is 3. The molecule has 8 heteroatoms. The van der Waals surface area contributed by atoms with Gasteiger partial charge in [0.25, 0.3) is 11.6 Å². The van der Waals surface area contributed by atoms with E-state index in [9.17, 15) is 19.7 Å². The van der Waals surface area contributed by atoms with Gasteiger partial charge in [-0.15, -0.1) is 0 Å². The van der Waals surface area contributed by atoms with Gasteiger partial charge in [0, 0.05) is 24.0 Å². The molecule has 1 unspecified atom stereocenters. The normalized spacial score (nSPS) is 19.1. The maximum absolute atomic E-state index is 12.0. The van der Waals surface area contributed by atoms with Crippen molar-refractivity contribution in [3.63, 3.8) is 0 Å². The van der Waals surface area contributed by atoms with E-state index in [-0.39, 0.29) is 29.6 Å². The van der Waals surface area contributed by atoms with Gasteiger partial charge in [-0.25, -0.2) is 0 Å². The summed E-state index contributed by atoms with van der Waals surface area (Å²) >= 11 is 3.17. The van der Waals surface area contributed by atoms with E-state index in [0.717, 1.165) is 4.90 Å². The summed E-state index contributed by atoms with van der Waals surface area (Å²) in [7, 11) is 1.41. The minimum absolute atomic E-state index is 0.119. The van der Waals surface area contributed by atoms with Crippen LogP contribution in [0.1, 0.15) is 12.8 Å². The molecule has 0 spiro atoms. The van der Waals surface area contributed by atoms with Crippen molar-refractivity contribution in [3.05, 3.63) is 32.8 Å². The van der Waals surface area contributed by atoms with Gasteiger partial charge in [0.2, 0.25) is 5.91 Å². The first kappa shape index (κ1) is 14.4. The van der Waals surface area contributed by atoms with Gasteiger partial charge in [0.1, 0.15) is 11.7 Å². The Bertz CT molecular complexity index is 590. The molecule has 1 fully saturated rings. The molecule has 1 aliphatic rings. The maximum Gasteiger partial charge on any atom is 0.293 e. The van der Waals surface area contributed by atoms with Crippen molar-refractivity contribution in [1.29, 1.82) is 0 Å². The summed E-state index contributed by atoms with van der Waals surface area (Å²) in [4.78, 5) is 34.9. The van der Waals surface area contributed by atoms with E-state index in [2.05, 4.69) is 21.2 Å². The minimum Gasteiger partial charge on any atom is -0.368 e. The summed E-state index contributed by atoms with van der Waals surface area (Å²) in [5.74, 6) is -0.614. The number of piperidine rings is 1. The Balaban J connectivity index is 2.24. The number of carbonyl (C=O) groups excluding carboxylic acids is 2. The number of likely N-dealkylation sites (tertiary alicyclic amines) is 1. The number of carbonyl (C=O) groups is 2. The Labute approximate surface area is 123 Å². The van der Waals surface area contributed by atoms with Crippen molar-refractivity contribution in [2.24, 2.45) is 0 Å². The van der Waals surface area contributed by atoms with Crippen LogP contribution in [0.3, 0.4) is 0 Å². The van der Waals surface area contributed by atoms with Crippen molar-refractivity contribution in [3.8, 4) is 0 Å². The SMILES string of the molecule is CN1C(=O)CCC(Nc2ccc(Br)cc2[N+](=O)[O-])C1=O. The van der Waals surface area contributed by atoms with Gasteiger partial charge in [0.05, 0.1) is 4.92 Å². The number of nitro groups is 1. The second-order valence-corrected chi connectivity index (χ2v) is 5.36. The van der Waals surface area contributed by atoms with E-state index in [1.54, 1.807) is 6.07 Å². The van der Waals surface area contributed by atoms with Gasteiger partial charge in [-0.3, -0.25) is 24.6 Å². The number of anilines is 1. The molecule has 20 heavy (non-hydrogen) atoms. The number of benzene rings is 1. The highest BCUT2D eigenvalue weighted by molar-refractivity contribution is 9.10. The highest BCUT2D eigenvalue weighted by Gasteiger charge is 2.32. The summed E-state index contributed by atoms with van der Waals surface area (Å²) in [5, 5.41) is 13.9. The summed E-state index contributed by atoms with van der Waals surface area (Å²) in [5.41, 5.74) is 0.144. The zero-order chi connectivity index (χ0) is 14.9. The Morgan fingerprint density at radius 2 is 2.15 bits per heavy atom. The molecular weight excluding hydrogens is 330 g/mol. The van der Waals surface area contributed by atoms with Crippen LogP contribution in [0.15, 0.2) is 22.7 Å². The zero-order valence-corrected chi connectivity index (χ0v) is 12.2. The molecule has 1 N–H and O–H groups in total. The molecule has 0 radical (unpaired) electrons. The maximum atomic E-state index is 12.0. The second-order valence-electron chi connectivity index (χ2n) is 4.45. The van der Waals surface area contributed by atoms with E-state index >= 15 is 0 Å². The van der Waals surface area contributed by atoms with Crippen LogP contribution in [-0.4, -0.2) is 34.7 Å². The first-order valence-electron chi connectivity index (χ1n) is 5.91. The van der Waals surface area contributed by atoms with Crippen LogP contribution in [0, 0.1) is 10.1 Å². The summed E-state index contributed by atoms with van der Waals surface area (Å²) < 4.78 is 0.581. The van der Waals surface area contributed by atoms with Crippen LogP contribution < -0.4 is 5.32 Å². The number of imide groups is 1. The largest absolute Gasteiger partial charge is 0.368 e. The predicted octanol–water partition coefficient (Wildman–Crippen LogP) is 1.92. The van der Waals surface area contributed by atoms with Crippen molar-refractivity contribution in [2.45, 2.75) is 18.9 Å². The van der Waals surface area contributed by atoms with Crippen LogP contribution in [0.5, 0.6) is 0 Å². The van der Waals surface area contributed by atoms with Gasteiger partial charge in [-0.05, 0) is 18.6 Å². The number of nitrogens with zero attached hydrogens (tertiary/aromatic N) is 2. The van der Waals surface area contributed by atoms with E-state index in [0.29, 0.717) is 10.9 Å². The molecule has 1 aliphatic heterocycles. The highest BCUT2D eigenvalue weighted by Crippen LogP contribution is 2.29. The van der Waals surface area contributed by atoms with Crippen molar-refractivity contribution in [2.75, 3.05) is 12.4 Å². The molecular formula is C12H12BrN3O4. The average Bonchev–Trinajstić information content (AvgIpc) is 2.41. The summed E-state index contributed by atoms with van der Waals surface area (Å²) in [6.45, 7) is 0. The van der Waals surface area contributed by atoms with Crippen LogP contribution in [0.25, 0.3) is 0 Å². The van der Waals surface area contributed by atoms with Gasteiger partial charge in [0.15, 0.2) is 0 Å². The lowest BCUT2D eigenvalue weighted by Gasteiger charge is -2.28. The van der Waals surface area contributed by atoms with Crippen LogP contribution in [0.4, 0.5) is 11.4 Å². The van der Waals surface area contributed by atoms with Gasteiger partial charge in [-0.1, -0.05) is 15.9 Å². The van der Waals surface area contributed by atoms with Crippen LogP contribution >= 0.6 is 15.9 Å². The van der Waals surface area contributed by atoms with Gasteiger partial charge >= 0.3 is 0 Å². The molecule has 0 aliphatic carbocycles. The van der Waals surface area contributed by atoms with E-state index in [4.69, 9.17) is 0 Å². The predicted molar refractivity (Wildman–Crippen MR) is 75.2 cm³/mol. The third-order valence-corrected chi connectivity index (χ3v) is 3.63. The van der Waals surface area contributed by atoms with Crippen molar-refractivity contribution in [1.82, 2.24) is 4.90 Å². The van der Waals surface area contributed by atoms with E-state index < -0.39 is 11.0 Å². The smallest absolute Gasteiger partial charge is 0.293 e. The Kier molecular flexibility index (Phi) is 4.03. The summed E-state index contributed by atoms with van der Waals surface area (Å²) in [6, 6.07) is 3.92. The number of nitrogens with one attached hydrogen (secondary N) is 1. The topological polar surface area (TPSA) is 92.6 Å². The Morgan fingerprint density at radius 3 is 2.80 bits per heavy atom. The molecule has 2 rings (SSSR count). The molecule has 0 bridgehead atoms. The third-order valence-electron chi connectivity index (χ3n) is 3.14. The molecule has 1 atom stereocenters. The number of hydrogen-bond donors (Lipinski definition) is 1. The quantitative estimate of drug-likeness (QED) is 0.515. The van der Waals surface area contributed by atoms with E-state index in [1.807, 2.05) is 0 Å². The number of likely N-dealkylation sites (N-methyl/N-ethyl adjacent to an activating group) is 1. The zero-order valence-electron chi connectivity index (χ0n) is 10.6. The van der Waals surface area contributed by atoms with Crippen LogP contribution in [0.2, 0.25) is 0 Å². The molecule has 0 saturated carbocycles. The fourth-order valence-corrected chi connectivity index (χ4v) is 2.36. The molecule has 1 aromatic rings. The fourth-order valence-electron chi connectivity index (χ4n) is 2.02. The molecule has 1 saturated heterocycles. The Hall–Kier alpha value is -1.96.